The van der Waals surface area contributed by atoms with Crippen LogP contribution in [0.5, 0.6) is 0 Å². The Morgan fingerprint density at radius 2 is 1.63 bits per heavy atom. The summed E-state index contributed by atoms with van der Waals surface area (Å²) in [6, 6.07) is 15.1. The molecule has 2 heterocycles. The molecule has 0 saturated heterocycles. The van der Waals surface area contributed by atoms with Crippen LogP contribution in [0.25, 0.3) is 0 Å². The average molecular weight is 515 g/mol. The normalized spacial score (nSPS) is 17.1. The molecule has 194 valence electrons. The van der Waals surface area contributed by atoms with Crippen LogP contribution in [0.15, 0.2) is 71.2 Å². The number of nitrogens with two attached hydrogens (primary N) is 1. The van der Waals surface area contributed by atoms with E-state index >= 15 is 0 Å². The molecule has 2 N–H and O–H groups in total. The predicted molar refractivity (Wildman–Crippen MR) is 136 cm³/mol. The van der Waals surface area contributed by atoms with Crippen molar-refractivity contribution in [1.82, 2.24) is 4.90 Å². The van der Waals surface area contributed by atoms with Crippen molar-refractivity contribution in [2.45, 2.75) is 19.8 Å². The number of hydrogen-bond acceptors (Lipinski definition) is 9. The fourth-order valence-electron chi connectivity index (χ4n) is 4.73. The number of anilines is 1. The molecule has 2 amide bonds. The van der Waals surface area contributed by atoms with Crippen LogP contribution in [-0.2, 0) is 19.1 Å². The minimum absolute atomic E-state index is 0.00594. The number of hydrogen-bond donors (Lipinski definition) is 1. The largest absolute Gasteiger partial charge is 0.466 e. The number of nitriles is 1. The van der Waals surface area contributed by atoms with E-state index in [9.17, 15) is 24.4 Å². The Bertz CT molecular complexity index is 1450. The number of ether oxygens (including phenoxy) is 2. The Hall–Kier alpha value is -4.91. The van der Waals surface area contributed by atoms with Gasteiger partial charge in [-0.1, -0.05) is 44.2 Å². The predicted octanol–water partition coefficient (Wildman–Crippen LogP) is 2.84. The molecule has 0 bridgehead atoms. The number of allylic oxidation sites excluding steroid dienone is 1. The highest BCUT2D eigenvalue weighted by molar-refractivity contribution is 6.22. The lowest BCUT2D eigenvalue weighted by atomic mass is 9.81. The molecule has 10 heteroatoms. The van der Waals surface area contributed by atoms with Gasteiger partial charge in [0.2, 0.25) is 0 Å². The first kappa shape index (κ1) is 26.2. The second-order valence-electron chi connectivity index (χ2n) is 9.18. The molecule has 0 saturated carbocycles. The summed E-state index contributed by atoms with van der Waals surface area (Å²) in [6.07, 6.45) is 0. The van der Waals surface area contributed by atoms with E-state index in [4.69, 9.17) is 15.2 Å². The first-order chi connectivity index (χ1) is 18.2. The molecule has 2 aromatic carbocycles. The number of fused-ring (bicyclic) bond motifs is 1. The van der Waals surface area contributed by atoms with Crippen molar-refractivity contribution in [3.63, 3.8) is 0 Å². The zero-order chi connectivity index (χ0) is 27.7. The third-order valence-corrected chi connectivity index (χ3v) is 6.37. The monoisotopic (exact) mass is 514 g/mol. The number of amides is 2. The van der Waals surface area contributed by atoms with Gasteiger partial charge in [-0.3, -0.25) is 19.4 Å². The van der Waals surface area contributed by atoms with E-state index in [1.807, 2.05) is 13.8 Å². The summed E-state index contributed by atoms with van der Waals surface area (Å²) in [6.45, 7) is 4.02. The summed E-state index contributed by atoms with van der Waals surface area (Å²) in [4.78, 5) is 54.7. The maximum absolute atomic E-state index is 13.2. The third-order valence-electron chi connectivity index (χ3n) is 6.37. The molecule has 0 fully saturated rings. The van der Waals surface area contributed by atoms with Gasteiger partial charge in [-0.15, -0.1) is 0 Å². The van der Waals surface area contributed by atoms with Crippen molar-refractivity contribution in [3.05, 3.63) is 87.9 Å². The van der Waals surface area contributed by atoms with Crippen molar-refractivity contribution in [2.24, 2.45) is 11.7 Å². The van der Waals surface area contributed by atoms with E-state index in [-0.39, 0.29) is 51.9 Å². The van der Waals surface area contributed by atoms with Gasteiger partial charge in [0.25, 0.3) is 11.8 Å². The number of rotatable bonds is 6. The molecule has 10 nitrogen and oxygen atoms in total. The van der Waals surface area contributed by atoms with Gasteiger partial charge in [0, 0.05) is 12.2 Å². The van der Waals surface area contributed by atoms with E-state index < -0.39 is 29.7 Å². The van der Waals surface area contributed by atoms with E-state index in [1.165, 1.54) is 23.1 Å². The number of imide groups is 1. The van der Waals surface area contributed by atoms with E-state index in [0.717, 1.165) is 19.1 Å². The number of nitrogens with zero attached hydrogens (tertiary/aromatic N) is 3. The van der Waals surface area contributed by atoms with Crippen molar-refractivity contribution in [1.29, 1.82) is 5.26 Å². The number of benzene rings is 2. The molecule has 0 aliphatic carbocycles. The maximum Gasteiger partial charge on any atom is 0.355 e. The summed E-state index contributed by atoms with van der Waals surface area (Å²) >= 11 is 0. The molecule has 0 radical (unpaired) electrons. The molecular formula is C28H26N4O6. The van der Waals surface area contributed by atoms with Gasteiger partial charge in [-0.2, -0.15) is 5.26 Å². The molecule has 2 aliphatic heterocycles. The highest BCUT2D eigenvalue weighted by Crippen LogP contribution is 2.43. The first-order valence-electron chi connectivity index (χ1n) is 11.8. The number of carbonyl (C=O) groups excluding carboxylic acids is 4. The molecule has 4 rings (SSSR count). The zero-order valence-electron chi connectivity index (χ0n) is 21.3. The number of methoxy groups -OCH3 is 2. The van der Waals surface area contributed by atoms with Gasteiger partial charge in [-0.25, -0.2) is 9.59 Å². The fourth-order valence-corrected chi connectivity index (χ4v) is 4.73. The van der Waals surface area contributed by atoms with Crippen LogP contribution in [0.3, 0.4) is 0 Å². The fraction of sp³-hybridized carbons (Fsp3) is 0.250. The average Bonchev–Trinajstić information content (AvgIpc) is 3.15. The number of esters is 2. The highest BCUT2D eigenvalue weighted by Gasteiger charge is 2.44. The Morgan fingerprint density at radius 1 is 1.00 bits per heavy atom. The van der Waals surface area contributed by atoms with Crippen LogP contribution in [-0.4, -0.2) is 49.4 Å². The molecule has 1 unspecified atom stereocenters. The van der Waals surface area contributed by atoms with Crippen molar-refractivity contribution in [3.8, 4) is 6.07 Å². The lowest BCUT2D eigenvalue weighted by molar-refractivity contribution is -0.139. The van der Waals surface area contributed by atoms with E-state index in [0.29, 0.717) is 5.56 Å². The first-order valence-corrected chi connectivity index (χ1v) is 11.8. The summed E-state index contributed by atoms with van der Waals surface area (Å²) in [7, 11) is 2.31. The second-order valence-corrected chi connectivity index (χ2v) is 9.18. The van der Waals surface area contributed by atoms with Gasteiger partial charge >= 0.3 is 11.9 Å². The standard InChI is InChI=1S/C28H26N4O6/c1-15(2)14-31-25(33)18-11-10-17(12-19(18)26(31)34)32-23(28(36)38-4)22(27(35)37-3)21(20(13-29)24(32)30)16-8-6-5-7-9-16/h5-12,15,21H,14,30H2,1-4H3. The third kappa shape index (κ3) is 4.18. The van der Waals surface area contributed by atoms with E-state index in [2.05, 4.69) is 6.07 Å². The number of carbonyl (C=O) groups is 4. The minimum atomic E-state index is -1.02. The lowest BCUT2D eigenvalue weighted by Crippen LogP contribution is -2.40. The van der Waals surface area contributed by atoms with Crippen LogP contribution in [0.1, 0.15) is 46.0 Å². The van der Waals surface area contributed by atoms with E-state index in [1.54, 1.807) is 30.3 Å². The highest BCUT2D eigenvalue weighted by atomic mass is 16.5. The summed E-state index contributed by atoms with van der Waals surface area (Å²) in [5, 5.41) is 10.2. The topological polar surface area (TPSA) is 143 Å². The van der Waals surface area contributed by atoms with Crippen LogP contribution in [0.4, 0.5) is 5.69 Å². The van der Waals surface area contributed by atoms with Crippen LogP contribution in [0.2, 0.25) is 0 Å². The molecule has 2 aliphatic rings. The molecule has 0 aromatic heterocycles. The summed E-state index contributed by atoms with van der Waals surface area (Å²) < 4.78 is 10.0. The quantitative estimate of drug-likeness (QED) is 0.455. The van der Waals surface area contributed by atoms with Crippen molar-refractivity contribution in [2.75, 3.05) is 25.7 Å². The van der Waals surface area contributed by atoms with Crippen molar-refractivity contribution >= 4 is 29.4 Å². The summed E-state index contributed by atoms with van der Waals surface area (Å²) in [5.41, 5.74) is 7.14. The maximum atomic E-state index is 13.2. The Labute approximate surface area is 219 Å². The molecule has 38 heavy (non-hydrogen) atoms. The molecule has 2 aromatic rings. The van der Waals surface area contributed by atoms with Crippen LogP contribution < -0.4 is 10.6 Å². The molecular weight excluding hydrogens is 488 g/mol. The smallest absolute Gasteiger partial charge is 0.355 e. The lowest BCUT2D eigenvalue weighted by Gasteiger charge is -2.36. The molecule has 1 atom stereocenters. The Balaban J connectivity index is 1.98. The van der Waals surface area contributed by atoms with Crippen molar-refractivity contribution < 1.29 is 28.7 Å². The van der Waals surface area contributed by atoms with Crippen LogP contribution in [0, 0.1) is 17.2 Å². The zero-order valence-corrected chi connectivity index (χ0v) is 21.3. The second kappa shape index (κ2) is 10.2. The minimum Gasteiger partial charge on any atom is -0.466 e. The van der Waals surface area contributed by atoms with Gasteiger partial charge < -0.3 is 15.2 Å². The summed E-state index contributed by atoms with van der Waals surface area (Å²) in [5.74, 6) is -3.77. The van der Waals surface area contributed by atoms with Gasteiger partial charge in [0.1, 0.15) is 11.5 Å². The van der Waals surface area contributed by atoms with Gasteiger partial charge in [0.05, 0.1) is 48.5 Å². The molecule has 0 spiro atoms. The van der Waals surface area contributed by atoms with Gasteiger partial charge in [0.15, 0.2) is 0 Å². The SMILES string of the molecule is COC(=O)C1=C(C(=O)OC)N(c2ccc3c(c2)C(=O)N(CC(C)C)C3=O)C(N)=C(C#N)C1c1ccccc1. The van der Waals surface area contributed by atoms with Crippen LogP contribution >= 0.6 is 0 Å². The van der Waals surface area contributed by atoms with Gasteiger partial charge in [-0.05, 0) is 29.7 Å². The Kier molecular flexibility index (Phi) is 7.04. The Morgan fingerprint density at radius 3 is 2.21 bits per heavy atom.